The average Bonchev–Trinajstić information content (AvgIpc) is 2.27. The van der Waals surface area contributed by atoms with Gasteiger partial charge < -0.3 is 16.4 Å². The van der Waals surface area contributed by atoms with Gasteiger partial charge in [0.1, 0.15) is 0 Å². The Hall–Kier alpha value is -0.610. The van der Waals surface area contributed by atoms with Crippen LogP contribution >= 0.6 is 0 Å². The zero-order valence-electron chi connectivity index (χ0n) is 10.5. The molecule has 1 aliphatic rings. The van der Waals surface area contributed by atoms with E-state index in [1.54, 1.807) is 6.92 Å². The normalized spacial score (nSPS) is 22.9. The molecule has 1 fully saturated rings. The molecule has 0 aliphatic carbocycles. The van der Waals surface area contributed by atoms with Crippen molar-refractivity contribution in [2.45, 2.75) is 45.1 Å². The topological polar surface area (TPSA) is 72.3 Å². The molecule has 4 nitrogen and oxygen atoms in total. The van der Waals surface area contributed by atoms with E-state index in [-0.39, 0.29) is 0 Å². The number of rotatable bonds is 5. The lowest BCUT2D eigenvalue weighted by molar-refractivity contribution is -0.122. The second-order valence-electron chi connectivity index (χ2n) is 5.22. The largest absolute Gasteiger partial charge is 0.368 e. The van der Waals surface area contributed by atoms with Gasteiger partial charge in [0, 0.05) is 6.54 Å². The van der Waals surface area contributed by atoms with Crippen LogP contribution in [0.2, 0.25) is 0 Å². The fourth-order valence-electron chi connectivity index (χ4n) is 2.13. The fraction of sp³-hybridized carbons (Fsp3) is 0.917. The van der Waals surface area contributed by atoms with Crippen molar-refractivity contribution in [2.24, 2.45) is 17.4 Å². The van der Waals surface area contributed by atoms with Crippen LogP contribution in [0.1, 0.15) is 39.5 Å². The van der Waals surface area contributed by atoms with Crippen molar-refractivity contribution in [1.82, 2.24) is 4.90 Å². The molecule has 0 aromatic carbocycles. The summed E-state index contributed by atoms with van der Waals surface area (Å²) in [7, 11) is 0. The highest BCUT2D eigenvalue weighted by Crippen LogP contribution is 2.20. The van der Waals surface area contributed by atoms with E-state index in [1.807, 2.05) is 0 Å². The van der Waals surface area contributed by atoms with Crippen molar-refractivity contribution in [3.05, 3.63) is 0 Å². The maximum Gasteiger partial charge on any atom is 0.237 e. The van der Waals surface area contributed by atoms with E-state index in [1.165, 1.54) is 19.3 Å². The Balaban J connectivity index is 2.27. The van der Waals surface area contributed by atoms with Crippen LogP contribution < -0.4 is 11.5 Å². The number of piperidine rings is 1. The van der Waals surface area contributed by atoms with Gasteiger partial charge in [0.25, 0.3) is 0 Å². The molecule has 1 atom stereocenters. The molecule has 0 aromatic heterocycles. The smallest absolute Gasteiger partial charge is 0.237 e. The summed E-state index contributed by atoms with van der Waals surface area (Å²) in [5.74, 6) is 0.479. The summed E-state index contributed by atoms with van der Waals surface area (Å²) in [6, 6.07) is 0. The number of nitrogens with zero attached hydrogens (tertiary/aromatic N) is 1. The molecule has 0 spiro atoms. The molecule has 4 heteroatoms. The van der Waals surface area contributed by atoms with Crippen molar-refractivity contribution in [2.75, 3.05) is 19.6 Å². The Kier molecular flexibility index (Phi) is 4.74. The van der Waals surface area contributed by atoms with Crippen LogP contribution in [-0.4, -0.2) is 36.0 Å². The lowest BCUT2D eigenvalue weighted by Crippen LogP contribution is -2.51. The fourth-order valence-corrected chi connectivity index (χ4v) is 2.13. The standard InChI is InChI=1S/C12H25N3O/c1-3-10-4-7-15(8-5-10)9-6-12(2,14)11(13)16/h10H,3-9,14H2,1-2H3,(H2,13,16). The molecule has 1 rings (SSSR count). The van der Waals surface area contributed by atoms with Crippen LogP contribution in [0.4, 0.5) is 0 Å². The van der Waals surface area contributed by atoms with Crippen LogP contribution in [0.15, 0.2) is 0 Å². The molecule has 94 valence electrons. The molecule has 16 heavy (non-hydrogen) atoms. The van der Waals surface area contributed by atoms with Gasteiger partial charge in [-0.05, 0) is 45.2 Å². The number of primary amides is 1. The van der Waals surface area contributed by atoms with Crippen molar-refractivity contribution in [1.29, 1.82) is 0 Å². The lowest BCUT2D eigenvalue weighted by Gasteiger charge is -2.33. The maximum absolute atomic E-state index is 11.1. The Morgan fingerprint density at radius 1 is 1.44 bits per heavy atom. The van der Waals surface area contributed by atoms with Crippen molar-refractivity contribution in [3.8, 4) is 0 Å². The minimum Gasteiger partial charge on any atom is -0.368 e. The highest BCUT2D eigenvalue weighted by Gasteiger charge is 2.27. The van der Waals surface area contributed by atoms with Gasteiger partial charge in [0.2, 0.25) is 5.91 Å². The molecule has 1 heterocycles. The SMILES string of the molecule is CCC1CCN(CCC(C)(N)C(N)=O)CC1. The molecule has 1 saturated heterocycles. The summed E-state index contributed by atoms with van der Waals surface area (Å²) in [5, 5.41) is 0. The molecule has 1 amide bonds. The molecule has 1 unspecified atom stereocenters. The Morgan fingerprint density at radius 3 is 2.44 bits per heavy atom. The number of amides is 1. The first kappa shape index (κ1) is 13.5. The second kappa shape index (κ2) is 5.64. The Morgan fingerprint density at radius 2 is 2.00 bits per heavy atom. The van der Waals surface area contributed by atoms with E-state index in [0.29, 0.717) is 6.42 Å². The summed E-state index contributed by atoms with van der Waals surface area (Å²) in [5.41, 5.74) is 10.2. The van der Waals surface area contributed by atoms with Crippen LogP contribution in [0.25, 0.3) is 0 Å². The zero-order valence-corrected chi connectivity index (χ0v) is 10.5. The summed E-state index contributed by atoms with van der Waals surface area (Å²) >= 11 is 0. The Bertz CT molecular complexity index is 232. The molecule has 4 N–H and O–H groups in total. The first-order valence-corrected chi connectivity index (χ1v) is 6.27. The summed E-state index contributed by atoms with van der Waals surface area (Å²) in [4.78, 5) is 13.5. The van der Waals surface area contributed by atoms with Crippen molar-refractivity contribution in [3.63, 3.8) is 0 Å². The molecular weight excluding hydrogens is 202 g/mol. The second-order valence-corrected chi connectivity index (χ2v) is 5.22. The van der Waals surface area contributed by atoms with Gasteiger partial charge in [-0.1, -0.05) is 13.3 Å². The third kappa shape index (κ3) is 3.76. The van der Waals surface area contributed by atoms with Gasteiger partial charge in [0.05, 0.1) is 5.54 Å². The zero-order chi connectivity index (χ0) is 12.2. The summed E-state index contributed by atoms with van der Waals surface area (Å²) in [6.45, 7) is 7.12. The van der Waals surface area contributed by atoms with Gasteiger partial charge in [0.15, 0.2) is 0 Å². The van der Waals surface area contributed by atoms with Crippen LogP contribution in [0.3, 0.4) is 0 Å². The van der Waals surface area contributed by atoms with Crippen LogP contribution in [0.5, 0.6) is 0 Å². The number of hydrogen-bond acceptors (Lipinski definition) is 3. The number of nitrogens with two attached hydrogens (primary N) is 2. The quantitative estimate of drug-likeness (QED) is 0.726. The van der Waals surface area contributed by atoms with Gasteiger partial charge in [-0.2, -0.15) is 0 Å². The van der Waals surface area contributed by atoms with Gasteiger partial charge in [-0.25, -0.2) is 0 Å². The lowest BCUT2D eigenvalue weighted by atomic mass is 9.93. The van der Waals surface area contributed by atoms with Crippen molar-refractivity contribution >= 4 is 5.91 Å². The van der Waals surface area contributed by atoms with E-state index in [2.05, 4.69) is 11.8 Å². The predicted molar refractivity (Wildman–Crippen MR) is 65.9 cm³/mol. The van der Waals surface area contributed by atoms with Gasteiger partial charge in [-0.15, -0.1) is 0 Å². The van der Waals surface area contributed by atoms with Crippen LogP contribution in [-0.2, 0) is 4.79 Å². The number of carbonyl (C=O) groups excluding carboxylic acids is 1. The van der Waals surface area contributed by atoms with Crippen molar-refractivity contribution < 1.29 is 4.79 Å². The first-order valence-electron chi connectivity index (χ1n) is 6.27. The number of likely N-dealkylation sites (tertiary alicyclic amines) is 1. The highest BCUT2D eigenvalue weighted by atomic mass is 16.1. The minimum atomic E-state index is -0.860. The molecule has 1 aliphatic heterocycles. The summed E-state index contributed by atoms with van der Waals surface area (Å²) in [6.07, 6.45) is 4.48. The third-order valence-electron chi connectivity index (χ3n) is 3.79. The van der Waals surface area contributed by atoms with E-state index in [4.69, 9.17) is 11.5 Å². The van der Waals surface area contributed by atoms with E-state index >= 15 is 0 Å². The van der Waals surface area contributed by atoms with Gasteiger partial charge in [-0.3, -0.25) is 4.79 Å². The summed E-state index contributed by atoms with van der Waals surface area (Å²) < 4.78 is 0. The molecule has 0 aromatic rings. The first-order chi connectivity index (χ1) is 7.45. The third-order valence-corrected chi connectivity index (χ3v) is 3.79. The predicted octanol–water partition coefficient (Wildman–Crippen LogP) is 0.701. The van der Waals surface area contributed by atoms with Crippen LogP contribution in [0, 0.1) is 5.92 Å². The Labute approximate surface area is 98.3 Å². The number of carbonyl (C=O) groups is 1. The minimum absolute atomic E-state index is 0.407. The maximum atomic E-state index is 11.1. The molecule has 0 radical (unpaired) electrons. The van der Waals surface area contributed by atoms with E-state index in [9.17, 15) is 4.79 Å². The monoisotopic (exact) mass is 227 g/mol. The van der Waals surface area contributed by atoms with E-state index < -0.39 is 11.4 Å². The molecular formula is C12H25N3O. The highest BCUT2D eigenvalue weighted by molar-refractivity contribution is 5.83. The molecule has 0 bridgehead atoms. The average molecular weight is 227 g/mol. The van der Waals surface area contributed by atoms with E-state index in [0.717, 1.165) is 25.6 Å². The molecule has 0 saturated carbocycles. The number of hydrogen-bond donors (Lipinski definition) is 2. The van der Waals surface area contributed by atoms with Gasteiger partial charge >= 0.3 is 0 Å².